The van der Waals surface area contributed by atoms with E-state index < -0.39 is 23.5 Å². The first-order valence-electron chi connectivity index (χ1n) is 10.7. The molecule has 0 spiro atoms. The molecule has 35 heavy (non-hydrogen) atoms. The molecule has 0 radical (unpaired) electrons. The highest BCUT2D eigenvalue weighted by atomic mass is 19.1. The van der Waals surface area contributed by atoms with Crippen LogP contribution in [0, 0.1) is 11.6 Å². The van der Waals surface area contributed by atoms with E-state index in [9.17, 15) is 18.4 Å². The number of anilines is 1. The third kappa shape index (κ3) is 5.35. The number of methoxy groups -OCH3 is 1. The minimum absolute atomic E-state index is 0.113. The molecule has 0 aliphatic rings. The summed E-state index contributed by atoms with van der Waals surface area (Å²) in [6, 6.07) is 18.1. The molecular weight excluding hydrogens is 456 g/mol. The molecule has 1 amide bonds. The van der Waals surface area contributed by atoms with E-state index in [1.807, 2.05) is 0 Å². The van der Waals surface area contributed by atoms with Crippen LogP contribution in [0.15, 0.2) is 72.8 Å². The van der Waals surface area contributed by atoms with Gasteiger partial charge in [-0.15, -0.1) is 0 Å². The highest BCUT2D eigenvalue weighted by Crippen LogP contribution is 2.28. The van der Waals surface area contributed by atoms with Gasteiger partial charge in [0.15, 0.2) is 5.69 Å². The second kappa shape index (κ2) is 10.2. The van der Waals surface area contributed by atoms with Crippen LogP contribution >= 0.6 is 0 Å². The van der Waals surface area contributed by atoms with Gasteiger partial charge in [-0.05, 0) is 61.5 Å². The molecule has 0 aliphatic heterocycles. The molecule has 0 bridgehead atoms. The van der Waals surface area contributed by atoms with Gasteiger partial charge in [0, 0.05) is 22.9 Å². The number of nitrogens with zero attached hydrogens (tertiary/aromatic N) is 2. The lowest BCUT2D eigenvalue weighted by molar-refractivity contribution is 0.0518. The average Bonchev–Trinajstić information content (AvgIpc) is 3.30. The molecule has 0 aliphatic carbocycles. The minimum Gasteiger partial charge on any atom is -0.497 e. The molecule has 1 N–H and O–H groups in total. The molecule has 0 atom stereocenters. The van der Waals surface area contributed by atoms with Gasteiger partial charge < -0.3 is 14.8 Å². The van der Waals surface area contributed by atoms with Crippen LogP contribution < -0.4 is 10.1 Å². The number of rotatable bonds is 7. The number of carbonyl (C=O) groups excluding carboxylic acids is 2. The molecule has 0 saturated heterocycles. The van der Waals surface area contributed by atoms with Crippen LogP contribution in [-0.2, 0) is 4.74 Å². The van der Waals surface area contributed by atoms with Crippen LogP contribution in [0.1, 0.15) is 27.8 Å². The van der Waals surface area contributed by atoms with Crippen LogP contribution in [-0.4, -0.2) is 35.4 Å². The Kier molecular flexibility index (Phi) is 6.86. The van der Waals surface area contributed by atoms with E-state index in [4.69, 9.17) is 9.47 Å². The third-order valence-corrected chi connectivity index (χ3v) is 5.05. The second-order valence-corrected chi connectivity index (χ2v) is 7.44. The predicted octanol–water partition coefficient (Wildman–Crippen LogP) is 5.26. The Hall–Kier alpha value is -4.53. The Morgan fingerprint density at radius 3 is 2.34 bits per heavy atom. The smallest absolute Gasteiger partial charge is 0.358 e. The van der Waals surface area contributed by atoms with Gasteiger partial charge in [0.1, 0.15) is 17.4 Å². The first-order valence-corrected chi connectivity index (χ1v) is 10.7. The lowest BCUT2D eigenvalue weighted by Crippen LogP contribution is -2.12. The summed E-state index contributed by atoms with van der Waals surface area (Å²) in [6.07, 6.45) is 0. The van der Waals surface area contributed by atoms with Crippen molar-refractivity contribution in [1.82, 2.24) is 9.78 Å². The Morgan fingerprint density at radius 1 is 0.971 bits per heavy atom. The van der Waals surface area contributed by atoms with E-state index in [-0.39, 0.29) is 17.9 Å². The highest BCUT2D eigenvalue weighted by molar-refractivity contribution is 6.04. The summed E-state index contributed by atoms with van der Waals surface area (Å²) in [5.74, 6) is -2.28. The lowest BCUT2D eigenvalue weighted by Gasteiger charge is -2.11. The maximum absolute atomic E-state index is 13.5. The summed E-state index contributed by atoms with van der Waals surface area (Å²) in [6.45, 7) is 1.90. The molecule has 9 heteroatoms. The zero-order valence-electron chi connectivity index (χ0n) is 18.9. The first-order chi connectivity index (χ1) is 16.9. The molecule has 4 aromatic rings. The van der Waals surface area contributed by atoms with Crippen molar-refractivity contribution >= 4 is 17.6 Å². The number of nitrogens with one attached hydrogen (secondary N) is 1. The Balaban J connectivity index is 1.71. The molecule has 0 unspecified atom stereocenters. The van der Waals surface area contributed by atoms with Crippen molar-refractivity contribution < 1.29 is 27.8 Å². The van der Waals surface area contributed by atoms with Crippen molar-refractivity contribution in [2.24, 2.45) is 0 Å². The van der Waals surface area contributed by atoms with E-state index in [2.05, 4.69) is 10.4 Å². The number of carbonyl (C=O) groups is 2. The fourth-order valence-electron chi connectivity index (χ4n) is 3.46. The van der Waals surface area contributed by atoms with Crippen molar-refractivity contribution in [2.45, 2.75) is 6.92 Å². The first kappa shape index (κ1) is 23.6. The topological polar surface area (TPSA) is 82.5 Å². The summed E-state index contributed by atoms with van der Waals surface area (Å²) in [5, 5.41) is 7.06. The van der Waals surface area contributed by atoms with Gasteiger partial charge in [-0.2, -0.15) is 5.10 Å². The molecule has 0 fully saturated rings. The third-order valence-electron chi connectivity index (χ3n) is 5.05. The van der Waals surface area contributed by atoms with Gasteiger partial charge in [-0.1, -0.05) is 12.1 Å². The van der Waals surface area contributed by atoms with Gasteiger partial charge >= 0.3 is 5.97 Å². The summed E-state index contributed by atoms with van der Waals surface area (Å²) in [7, 11) is 1.56. The molecule has 0 saturated carbocycles. The number of benzene rings is 3. The molecule has 3 aromatic carbocycles. The zero-order chi connectivity index (χ0) is 24.9. The number of hydrogen-bond donors (Lipinski definition) is 1. The van der Waals surface area contributed by atoms with Gasteiger partial charge in [-0.3, -0.25) is 4.79 Å². The van der Waals surface area contributed by atoms with Crippen LogP contribution in [0.2, 0.25) is 0 Å². The van der Waals surface area contributed by atoms with E-state index in [1.54, 1.807) is 73.3 Å². The fourth-order valence-corrected chi connectivity index (χ4v) is 3.46. The molecule has 4 rings (SSSR count). The number of amides is 1. The average molecular weight is 477 g/mol. The Labute approximate surface area is 199 Å². The lowest BCUT2D eigenvalue weighted by atomic mass is 10.1. The van der Waals surface area contributed by atoms with Crippen molar-refractivity contribution in [3.63, 3.8) is 0 Å². The van der Waals surface area contributed by atoms with Crippen LogP contribution in [0.25, 0.3) is 16.9 Å². The minimum atomic E-state index is -0.848. The van der Waals surface area contributed by atoms with E-state index >= 15 is 0 Å². The van der Waals surface area contributed by atoms with E-state index in [0.29, 0.717) is 34.4 Å². The molecule has 1 aromatic heterocycles. The number of halogens is 2. The monoisotopic (exact) mass is 477 g/mol. The van der Waals surface area contributed by atoms with Crippen molar-refractivity contribution in [1.29, 1.82) is 0 Å². The van der Waals surface area contributed by atoms with Gasteiger partial charge in [-0.25, -0.2) is 18.3 Å². The normalized spacial score (nSPS) is 10.6. The van der Waals surface area contributed by atoms with Crippen molar-refractivity contribution in [3.05, 3.63) is 95.7 Å². The summed E-state index contributed by atoms with van der Waals surface area (Å²) in [4.78, 5) is 24.9. The standard InChI is InChI=1S/C26H21F2N3O4/c1-3-35-26(33)23-15-24(31(30-23)21-7-9-22(34-2)10-8-21)16-5-4-6-20(13-16)29-25(32)17-11-18(27)14-19(28)12-17/h4-15H,3H2,1-2H3,(H,29,32). The fraction of sp³-hybridized carbons (Fsp3) is 0.115. The van der Waals surface area contributed by atoms with Gasteiger partial charge in [0.2, 0.25) is 0 Å². The van der Waals surface area contributed by atoms with Crippen LogP contribution in [0.4, 0.5) is 14.5 Å². The zero-order valence-corrected chi connectivity index (χ0v) is 18.9. The molecule has 1 heterocycles. The van der Waals surface area contributed by atoms with E-state index in [0.717, 1.165) is 12.1 Å². The van der Waals surface area contributed by atoms with E-state index in [1.165, 1.54) is 0 Å². The number of esters is 1. The Morgan fingerprint density at radius 2 is 1.69 bits per heavy atom. The second-order valence-electron chi connectivity index (χ2n) is 7.44. The number of aromatic nitrogens is 2. The summed E-state index contributed by atoms with van der Waals surface area (Å²) >= 11 is 0. The summed E-state index contributed by atoms with van der Waals surface area (Å²) in [5.41, 5.74) is 2.21. The maximum Gasteiger partial charge on any atom is 0.358 e. The quantitative estimate of drug-likeness (QED) is 0.368. The highest BCUT2D eigenvalue weighted by Gasteiger charge is 2.18. The summed E-state index contributed by atoms with van der Waals surface area (Å²) < 4.78 is 38.9. The predicted molar refractivity (Wildman–Crippen MR) is 126 cm³/mol. The SMILES string of the molecule is CCOC(=O)c1cc(-c2cccc(NC(=O)c3cc(F)cc(F)c3)c2)n(-c2ccc(OC)cc2)n1. The number of ether oxygens (including phenoxy) is 2. The van der Waals surface area contributed by atoms with Gasteiger partial charge in [0.05, 0.1) is 25.1 Å². The number of hydrogen-bond acceptors (Lipinski definition) is 5. The van der Waals surface area contributed by atoms with Crippen LogP contribution in [0.3, 0.4) is 0 Å². The van der Waals surface area contributed by atoms with Crippen LogP contribution in [0.5, 0.6) is 5.75 Å². The Bertz CT molecular complexity index is 1360. The molecule has 178 valence electrons. The maximum atomic E-state index is 13.5. The van der Waals surface area contributed by atoms with Crippen molar-refractivity contribution in [2.75, 3.05) is 19.0 Å². The van der Waals surface area contributed by atoms with Gasteiger partial charge in [0.25, 0.3) is 5.91 Å². The molecule has 7 nitrogen and oxygen atoms in total. The largest absolute Gasteiger partial charge is 0.497 e. The molecular formula is C26H21F2N3O4. The van der Waals surface area contributed by atoms with Crippen molar-refractivity contribution in [3.8, 4) is 22.7 Å².